The highest BCUT2D eigenvalue weighted by Gasteiger charge is 2.40. The molecule has 2 rings (SSSR count). The fourth-order valence-electron chi connectivity index (χ4n) is 2.54. The van der Waals surface area contributed by atoms with Gasteiger partial charge in [0.05, 0.1) is 0 Å². The molecule has 0 heterocycles. The smallest absolute Gasteiger partial charge is 0.391 e. The molecule has 0 N–H and O–H groups in total. The number of hydrogen-bond donors (Lipinski definition) is 0. The lowest BCUT2D eigenvalue weighted by Crippen LogP contribution is -2.62. The molecule has 5 nitrogen and oxygen atoms in total. The molecule has 142 valence electrons. The second-order valence-corrected chi connectivity index (χ2v) is 11.2. The predicted molar refractivity (Wildman–Crippen MR) is 109 cm³/mol. The highest BCUT2D eigenvalue weighted by atomic mass is 28.4. The molecular weight excluding hydrogens is 364 g/mol. The number of rotatable bonds is 8. The Morgan fingerprint density at radius 2 is 0.962 bits per heavy atom. The predicted octanol–water partition coefficient (Wildman–Crippen LogP) is 2.13. The molecule has 0 aliphatic carbocycles. The molecule has 0 spiro atoms. The Labute approximate surface area is 158 Å². The van der Waals surface area contributed by atoms with Crippen LogP contribution in [0.5, 0.6) is 0 Å². The van der Waals surface area contributed by atoms with Crippen LogP contribution in [-0.4, -0.2) is 52.9 Å². The van der Waals surface area contributed by atoms with Gasteiger partial charge in [-0.2, -0.15) is 0 Å². The molecule has 0 aliphatic heterocycles. The molecule has 0 fully saturated rings. The van der Waals surface area contributed by atoms with Crippen molar-refractivity contribution in [1.82, 2.24) is 0 Å². The Morgan fingerprint density at radius 1 is 0.615 bits per heavy atom. The molecule has 0 aliphatic rings. The lowest BCUT2D eigenvalue weighted by atomic mass is 10.4. The van der Waals surface area contributed by atoms with Crippen molar-refractivity contribution in [1.29, 1.82) is 0 Å². The van der Waals surface area contributed by atoms with Crippen LogP contribution >= 0.6 is 0 Å². The van der Waals surface area contributed by atoms with Crippen LogP contribution in [-0.2, 0) is 22.1 Å². The number of benzene rings is 2. The van der Waals surface area contributed by atoms with Gasteiger partial charge in [-0.3, -0.25) is 0 Å². The first kappa shape index (κ1) is 22.5. The van der Waals surface area contributed by atoms with E-state index in [0.717, 1.165) is 10.4 Å². The van der Waals surface area contributed by atoms with E-state index in [1.165, 1.54) is 0 Å². The van der Waals surface area contributed by atoms with Crippen LogP contribution in [0.3, 0.4) is 0 Å². The third-order valence-corrected chi connectivity index (χ3v) is 9.53. The van der Waals surface area contributed by atoms with E-state index >= 15 is 0 Å². The summed E-state index contributed by atoms with van der Waals surface area (Å²) in [5, 5.41) is 2.24. The zero-order valence-electron chi connectivity index (χ0n) is 16.1. The Hall–Kier alpha value is -1.59. The molecule has 2 aromatic carbocycles. The van der Waals surface area contributed by atoms with Gasteiger partial charge in [-0.1, -0.05) is 67.2 Å². The van der Waals surface area contributed by atoms with Gasteiger partial charge in [0.1, 0.15) is 0 Å². The zero-order chi connectivity index (χ0) is 19.5. The summed E-state index contributed by atoms with van der Waals surface area (Å²) >= 11 is 0. The minimum absolute atomic E-state index is 1.12. The van der Waals surface area contributed by atoms with Crippen LogP contribution in [0.1, 0.15) is 0 Å². The summed E-state index contributed by atoms with van der Waals surface area (Å²) in [4.78, 5) is 0. The minimum atomic E-state index is -2.50. The third kappa shape index (κ3) is 5.21. The van der Waals surface area contributed by atoms with E-state index < -0.39 is 17.4 Å². The first-order valence-corrected chi connectivity index (χ1v) is 11.7. The van der Waals surface area contributed by atoms with Crippen molar-refractivity contribution in [3.8, 4) is 0 Å². The van der Waals surface area contributed by atoms with Crippen molar-refractivity contribution in [2.24, 2.45) is 0 Å². The molecule has 2 aromatic rings. The van der Waals surface area contributed by atoms with E-state index in [4.69, 9.17) is 22.1 Å². The highest BCUT2D eigenvalue weighted by Crippen LogP contribution is 2.07. The van der Waals surface area contributed by atoms with E-state index in [0.29, 0.717) is 0 Å². The molecule has 0 bridgehead atoms. The zero-order valence-corrected chi connectivity index (χ0v) is 18.1. The largest absolute Gasteiger partial charge is 0.528 e. The van der Waals surface area contributed by atoms with Crippen LogP contribution in [0, 0.1) is 0 Å². The van der Waals surface area contributed by atoms with Crippen LogP contribution in [0.25, 0.3) is 0 Å². The average Bonchev–Trinajstić information content (AvgIpc) is 2.74. The molecule has 0 amide bonds. The van der Waals surface area contributed by atoms with E-state index in [1.807, 2.05) is 36.4 Å². The van der Waals surface area contributed by atoms with E-state index in [-0.39, 0.29) is 0 Å². The fourth-order valence-corrected chi connectivity index (χ4v) is 6.24. The van der Waals surface area contributed by atoms with Gasteiger partial charge in [-0.25, -0.2) is 0 Å². The van der Waals surface area contributed by atoms with Gasteiger partial charge >= 0.3 is 17.4 Å². The van der Waals surface area contributed by atoms with Gasteiger partial charge in [0.2, 0.25) is 0 Å². The Kier molecular flexibility index (Phi) is 9.67. The van der Waals surface area contributed by atoms with Crippen molar-refractivity contribution in [2.45, 2.75) is 0 Å². The lowest BCUT2D eigenvalue weighted by molar-refractivity contribution is 0.138. The van der Waals surface area contributed by atoms with Crippen molar-refractivity contribution < 1.29 is 22.1 Å². The quantitative estimate of drug-likeness (QED) is 0.644. The summed E-state index contributed by atoms with van der Waals surface area (Å²) in [6, 6.07) is 20.3. The maximum atomic E-state index is 5.78. The SMILES string of the molecule is C=C[Si](OC)(OC)OC.CO[Si](OC)(c1ccccc1)c1ccccc1. The molecule has 0 saturated heterocycles. The van der Waals surface area contributed by atoms with Gasteiger partial charge in [0, 0.05) is 35.5 Å². The van der Waals surface area contributed by atoms with Crippen molar-refractivity contribution >= 4 is 27.7 Å². The van der Waals surface area contributed by atoms with Crippen molar-refractivity contribution in [3.05, 3.63) is 72.9 Å². The maximum Gasteiger partial charge on any atom is 0.528 e. The normalized spacial score (nSPS) is 11.4. The topological polar surface area (TPSA) is 46.2 Å². The lowest BCUT2D eigenvalue weighted by Gasteiger charge is -2.27. The molecule has 0 radical (unpaired) electrons. The van der Waals surface area contributed by atoms with Gasteiger partial charge in [-0.05, 0) is 16.1 Å². The second-order valence-electron chi connectivity index (χ2n) is 5.18. The third-order valence-electron chi connectivity index (χ3n) is 3.99. The molecule has 26 heavy (non-hydrogen) atoms. The molecule has 0 unspecified atom stereocenters. The van der Waals surface area contributed by atoms with Crippen LogP contribution in [0.2, 0.25) is 0 Å². The van der Waals surface area contributed by atoms with Gasteiger partial charge in [0.25, 0.3) is 0 Å². The second kappa shape index (κ2) is 11.2. The first-order chi connectivity index (χ1) is 12.6. The minimum Gasteiger partial charge on any atom is -0.391 e. The Bertz CT molecular complexity index is 579. The molecule has 0 atom stereocenters. The summed E-state index contributed by atoms with van der Waals surface area (Å²) in [5.41, 5.74) is 1.58. The fraction of sp³-hybridized carbons (Fsp3) is 0.263. The van der Waals surface area contributed by atoms with E-state index in [9.17, 15) is 0 Å². The summed E-state index contributed by atoms with van der Waals surface area (Å²) in [6.45, 7) is 3.53. The summed E-state index contributed by atoms with van der Waals surface area (Å²) < 4.78 is 26.4. The molecule has 0 saturated carbocycles. The van der Waals surface area contributed by atoms with E-state index in [2.05, 4.69) is 30.8 Å². The summed E-state index contributed by atoms with van der Waals surface area (Å²) in [7, 11) is 3.14. The highest BCUT2D eigenvalue weighted by molar-refractivity contribution is 6.92. The van der Waals surface area contributed by atoms with Gasteiger partial charge in [-0.15, -0.1) is 0 Å². The van der Waals surface area contributed by atoms with Crippen LogP contribution in [0.4, 0.5) is 0 Å². The first-order valence-electron chi connectivity index (χ1n) is 8.08. The van der Waals surface area contributed by atoms with Gasteiger partial charge in [0.15, 0.2) is 0 Å². The van der Waals surface area contributed by atoms with E-state index in [1.54, 1.807) is 41.2 Å². The Balaban J connectivity index is 0.000000321. The maximum absolute atomic E-state index is 5.78. The summed E-state index contributed by atoms with van der Waals surface area (Å²) in [5.74, 6) is 0. The van der Waals surface area contributed by atoms with Gasteiger partial charge < -0.3 is 22.1 Å². The molecule has 0 aromatic heterocycles. The Morgan fingerprint density at radius 3 is 1.15 bits per heavy atom. The van der Waals surface area contributed by atoms with Crippen molar-refractivity contribution in [2.75, 3.05) is 35.5 Å². The summed E-state index contributed by atoms with van der Waals surface area (Å²) in [6.07, 6.45) is 0. The standard InChI is InChI=1S/C14H16O2Si.C5H12O3Si/c1-15-17(16-2,13-9-5-3-6-10-13)14-11-7-4-8-12-14;1-5-9(6-2,7-3)8-4/h3-12H,1-2H3;5H,1H2,2-4H3. The average molecular weight is 393 g/mol. The molecular formula is C19H28O5Si2. The van der Waals surface area contributed by atoms with Crippen molar-refractivity contribution in [3.63, 3.8) is 0 Å². The molecule has 7 heteroatoms. The van der Waals surface area contributed by atoms with Crippen LogP contribution in [0.15, 0.2) is 72.9 Å². The number of hydrogen-bond acceptors (Lipinski definition) is 5. The van der Waals surface area contributed by atoms with Crippen LogP contribution < -0.4 is 10.4 Å². The monoisotopic (exact) mass is 392 g/mol.